The van der Waals surface area contributed by atoms with Crippen molar-refractivity contribution in [3.63, 3.8) is 0 Å². The van der Waals surface area contributed by atoms with Gasteiger partial charge in [-0.15, -0.1) is 0 Å². The first-order valence-electron chi connectivity index (χ1n) is 7.55. The smallest absolute Gasteiger partial charge is 0.475 e. The Labute approximate surface area is 141 Å². The molecule has 0 spiro atoms. The van der Waals surface area contributed by atoms with Crippen LogP contribution >= 0.6 is 0 Å². The number of halogens is 4. The number of rotatable bonds is 3. The number of nitrogens with zero attached hydrogens (tertiary/aromatic N) is 2. The number of hydrogen-bond acceptors (Lipinski definition) is 4. The zero-order valence-corrected chi connectivity index (χ0v) is 13.5. The van der Waals surface area contributed by atoms with E-state index in [9.17, 15) is 22.4 Å². The largest absolute Gasteiger partial charge is 0.490 e. The maximum Gasteiger partial charge on any atom is 0.490 e. The standard InChI is InChI=1S/C13H18FN3O.C2HF3O2/c1-2-13(18)17(10-4-3-6-15-8-10)12-5-7-16-9-11(12)14;3-2(4,5)1(6)7/h3-4,6,8,11-12,16H,2,5,7,9H2,1H3;(H,6,7). The normalized spacial score (nSPS) is 20.2. The molecule has 0 radical (unpaired) electrons. The molecule has 1 saturated heterocycles. The van der Waals surface area contributed by atoms with Gasteiger partial charge in [0.15, 0.2) is 0 Å². The maximum atomic E-state index is 14.0. The van der Waals surface area contributed by atoms with Gasteiger partial charge in [0, 0.05) is 19.2 Å². The molecule has 6 nitrogen and oxygen atoms in total. The summed E-state index contributed by atoms with van der Waals surface area (Å²) in [6, 6.07) is 3.18. The van der Waals surface area contributed by atoms with Crippen LogP contribution in [0.5, 0.6) is 0 Å². The fourth-order valence-corrected chi connectivity index (χ4v) is 2.28. The Morgan fingerprint density at radius 2 is 2.08 bits per heavy atom. The van der Waals surface area contributed by atoms with E-state index in [1.807, 2.05) is 0 Å². The van der Waals surface area contributed by atoms with Crippen molar-refractivity contribution in [3.8, 4) is 0 Å². The second-order valence-electron chi connectivity index (χ2n) is 5.21. The summed E-state index contributed by atoms with van der Waals surface area (Å²) in [5.74, 6) is -2.81. The van der Waals surface area contributed by atoms with Gasteiger partial charge in [-0.1, -0.05) is 6.92 Å². The van der Waals surface area contributed by atoms with Crippen molar-refractivity contribution in [1.29, 1.82) is 0 Å². The van der Waals surface area contributed by atoms with Gasteiger partial charge in [-0.05, 0) is 25.1 Å². The number of hydrogen-bond donors (Lipinski definition) is 2. The number of alkyl halides is 4. The molecule has 1 amide bonds. The van der Waals surface area contributed by atoms with Gasteiger partial charge in [0.1, 0.15) is 6.17 Å². The highest BCUT2D eigenvalue weighted by molar-refractivity contribution is 5.93. The van der Waals surface area contributed by atoms with E-state index >= 15 is 0 Å². The van der Waals surface area contributed by atoms with Gasteiger partial charge in [0.05, 0.1) is 17.9 Å². The molecule has 2 rings (SSSR count). The number of nitrogens with one attached hydrogen (secondary N) is 1. The van der Waals surface area contributed by atoms with Gasteiger partial charge >= 0.3 is 12.1 Å². The van der Waals surface area contributed by atoms with E-state index in [-0.39, 0.29) is 11.9 Å². The van der Waals surface area contributed by atoms with Crippen molar-refractivity contribution in [1.82, 2.24) is 10.3 Å². The van der Waals surface area contributed by atoms with E-state index in [1.54, 1.807) is 36.4 Å². The van der Waals surface area contributed by atoms with Crippen LogP contribution in [-0.2, 0) is 9.59 Å². The van der Waals surface area contributed by atoms with E-state index in [2.05, 4.69) is 10.3 Å². The Morgan fingerprint density at radius 3 is 2.52 bits per heavy atom. The second-order valence-corrected chi connectivity index (χ2v) is 5.21. The van der Waals surface area contributed by atoms with E-state index in [4.69, 9.17) is 9.90 Å². The third-order valence-corrected chi connectivity index (χ3v) is 3.44. The summed E-state index contributed by atoms with van der Waals surface area (Å²) in [7, 11) is 0. The fourth-order valence-electron chi connectivity index (χ4n) is 2.28. The summed E-state index contributed by atoms with van der Waals surface area (Å²) in [5.41, 5.74) is 0.680. The zero-order chi connectivity index (χ0) is 19.0. The van der Waals surface area contributed by atoms with Crippen molar-refractivity contribution in [3.05, 3.63) is 24.5 Å². The van der Waals surface area contributed by atoms with Crippen molar-refractivity contribution in [2.45, 2.75) is 38.2 Å². The highest BCUT2D eigenvalue weighted by Gasteiger charge is 2.38. The van der Waals surface area contributed by atoms with Gasteiger partial charge in [-0.25, -0.2) is 9.18 Å². The van der Waals surface area contributed by atoms with E-state index in [0.29, 0.717) is 25.1 Å². The predicted octanol–water partition coefficient (Wildman–Crippen LogP) is 2.16. The Morgan fingerprint density at radius 1 is 1.44 bits per heavy atom. The lowest BCUT2D eigenvalue weighted by molar-refractivity contribution is -0.192. The summed E-state index contributed by atoms with van der Waals surface area (Å²) in [6.45, 7) is 2.83. The molecule has 10 heteroatoms. The van der Waals surface area contributed by atoms with Gasteiger partial charge in [-0.3, -0.25) is 9.78 Å². The number of anilines is 1. The van der Waals surface area contributed by atoms with E-state index in [0.717, 1.165) is 6.54 Å². The highest BCUT2D eigenvalue weighted by atomic mass is 19.4. The molecule has 1 aromatic rings. The van der Waals surface area contributed by atoms with Crippen LogP contribution in [0.3, 0.4) is 0 Å². The molecule has 0 bridgehead atoms. The molecule has 0 saturated carbocycles. The number of carbonyl (C=O) groups excluding carboxylic acids is 1. The van der Waals surface area contributed by atoms with Crippen molar-refractivity contribution in [2.24, 2.45) is 0 Å². The average molecular weight is 365 g/mol. The Hall–Kier alpha value is -2.23. The summed E-state index contributed by atoms with van der Waals surface area (Å²) in [5, 5.41) is 10.1. The molecule has 2 N–H and O–H groups in total. The molecule has 2 heterocycles. The van der Waals surface area contributed by atoms with Crippen LogP contribution in [0.1, 0.15) is 19.8 Å². The molecular weight excluding hydrogens is 346 g/mol. The third-order valence-electron chi connectivity index (χ3n) is 3.44. The highest BCUT2D eigenvalue weighted by Crippen LogP contribution is 2.23. The average Bonchev–Trinajstić information content (AvgIpc) is 2.57. The van der Waals surface area contributed by atoms with Gasteiger partial charge in [-0.2, -0.15) is 13.2 Å². The van der Waals surface area contributed by atoms with E-state index < -0.39 is 18.3 Å². The molecule has 0 aromatic carbocycles. The predicted molar refractivity (Wildman–Crippen MR) is 81.9 cm³/mol. The molecule has 1 aliphatic rings. The number of piperidine rings is 1. The molecule has 2 atom stereocenters. The molecule has 25 heavy (non-hydrogen) atoms. The minimum Gasteiger partial charge on any atom is -0.475 e. The molecule has 1 aromatic heterocycles. The van der Waals surface area contributed by atoms with Crippen LogP contribution < -0.4 is 10.2 Å². The lowest BCUT2D eigenvalue weighted by Crippen LogP contribution is -2.53. The Bertz CT molecular complexity index is 569. The first-order valence-corrected chi connectivity index (χ1v) is 7.55. The first kappa shape index (κ1) is 20.8. The summed E-state index contributed by atoms with van der Waals surface area (Å²) in [4.78, 5) is 26.5. The van der Waals surface area contributed by atoms with Crippen molar-refractivity contribution < 1.29 is 32.3 Å². The van der Waals surface area contributed by atoms with Crippen LogP contribution in [-0.4, -0.2) is 53.4 Å². The molecule has 2 unspecified atom stereocenters. The topological polar surface area (TPSA) is 82.5 Å². The number of aliphatic carboxylic acids is 1. The maximum absolute atomic E-state index is 14.0. The Balaban J connectivity index is 0.000000381. The zero-order valence-electron chi connectivity index (χ0n) is 13.5. The van der Waals surface area contributed by atoms with Gasteiger partial charge in [0.25, 0.3) is 0 Å². The van der Waals surface area contributed by atoms with Crippen molar-refractivity contribution >= 4 is 17.6 Å². The number of carbonyl (C=O) groups is 2. The minimum absolute atomic E-state index is 0.0578. The van der Waals surface area contributed by atoms with Gasteiger partial charge < -0.3 is 15.3 Å². The van der Waals surface area contributed by atoms with Crippen molar-refractivity contribution in [2.75, 3.05) is 18.0 Å². The van der Waals surface area contributed by atoms with Crippen LogP contribution in [0, 0.1) is 0 Å². The third kappa shape index (κ3) is 6.29. The molecule has 140 valence electrons. The fraction of sp³-hybridized carbons (Fsp3) is 0.533. The summed E-state index contributed by atoms with van der Waals surface area (Å²) < 4.78 is 45.7. The van der Waals surface area contributed by atoms with Crippen LogP contribution in [0.4, 0.5) is 23.2 Å². The number of carboxylic acids is 1. The van der Waals surface area contributed by atoms with Crippen LogP contribution in [0.2, 0.25) is 0 Å². The minimum atomic E-state index is -5.08. The lowest BCUT2D eigenvalue weighted by atomic mass is 10.0. The quantitative estimate of drug-likeness (QED) is 0.802. The lowest BCUT2D eigenvalue weighted by Gasteiger charge is -2.36. The first-order chi connectivity index (χ1) is 11.7. The molecular formula is C15H19F4N3O3. The Kier molecular flexibility index (Phi) is 7.75. The monoisotopic (exact) mass is 365 g/mol. The molecule has 0 aliphatic carbocycles. The molecule has 1 fully saturated rings. The second kappa shape index (κ2) is 9.30. The van der Waals surface area contributed by atoms with Crippen LogP contribution in [0.25, 0.3) is 0 Å². The van der Waals surface area contributed by atoms with E-state index in [1.165, 1.54) is 0 Å². The summed E-state index contributed by atoms with van der Waals surface area (Å²) in [6.07, 6.45) is -1.86. The number of carboxylic acid groups (broad SMARTS) is 1. The number of aromatic nitrogens is 1. The van der Waals surface area contributed by atoms with Gasteiger partial charge in [0.2, 0.25) is 5.91 Å². The SMILES string of the molecule is CCC(=O)N(c1cccnc1)C1CCNCC1F.O=C(O)C(F)(F)F. The summed E-state index contributed by atoms with van der Waals surface area (Å²) >= 11 is 0. The number of amides is 1. The molecule has 1 aliphatic heterocycles. The number of pyridine rings is 1. The van der Waals surface area contributed by atoms with Crippen LogP contribution in [0.15, 0.2) is 24.5 Å².